The Morgan fingerprint density at radius 2 is 1.69 bits per heavy atom. The van der Waals surface area contributed by atoms with Crippen molar-refractivity contribution in [3.63, 3.8) is 0 Å². The highest BCUT2D eigenvalue weighted by Crippen LogP contribution is 2.27. The maximum Gasteiger partial charge on any atom is 0.235 e. The Kier molecular flexibility index (Phi) is 7.82. The number of nitrogens with zero attached hydrogens (tertiary/aromatic N) is 2. The summed E-state index contributed by atoms with van der Waals surface area (Å²) >= 11 is 5.98. The Bertz CT molecular complexity index is 769. The first-order valence-electron chi connectivity index (χ1n) is 10.5. The summed E-state index contributed by atoms with van der Waals surface area (Å²) in [5, 5.41) is 3.66. The minimum atomic E-state index is -3.26. The highest BCUT2D eigenvalue weighted by atomic mass is 35.5. The summed E-state index contributed by atoms with van der Waals surface area (Å²) in [7, 11) is -3.26. The molecule has 1 aromatic carbocycles. The topological polar surface area (TPSA) is 69.7 Å². The maximum atomic E-state index is 11.8. The van der Waals surface area contributed by atoms with Crippen molar-refractivity contribution in [2.24, 2.45) is 5.92 Å². The first-order valence-corrected chi connectivity index (χ1v) is 12.9. The molecule has 2 fully saturated rings. The number of carbonyl (C=O) groups excluding carboxylic acids is 1. The zero-order valence-corrected chi connectivity index (χ0v) is 18.7. The lowest BCUT2D eigenvalue weighted by Crippen LogP contribution is -2.47. The van der Waals surface area contributed by atoms with Crippen molar-refractivity contribution >= 4 is 33.0 Å². The second kappa shape index (κ2) is 10.1. The largest absolute Gasteiger partial charge is 0.369 e. The van der Waals surface area contributed by atoms with Crippen LogP contribution in [0.15, 0.2) is 24.3 Å². The number of piperazine rings is 1. The Balaban J connectivity index is 1.32. The molecule has 0 spiro atoms. The molecule has 162 valence electrons. The van der Waals surface area contributed by atoms with Gasteiger partial charge < -0.3 is 10.2 Å². The summed E-state index contributed by atoms with van der Waals surface area (Å²) in [6.07, 6.45) is 6.40. The van der Waals surface area contributed by atoms with Crippen LogP contribution < -0.4 is 10.2 Å². The summed E-state index contributed by atoms with van der Waals surface area (Å²) in [6.45, 7) is 5.38. The first kappa shape index (κ1) is 22.4. The molecule has 0 radical (unpaired) electrons. The molecule has 1 heterocycles. The minimum absolute atomic E-state index is 0.128. The molecule has 1 saturated heterocycles. The highest BCUT2D eigenvalue weighted by molar-refractivity contribution is 7.91. The van der Waals surface area contributed by atoms with Crippen LogP contribution in [0.2, 0.25) is 5.02 Å². The van der Waals surface area contributed by atoms with Crippen LogP contribution in [0.1, 0.15) is 32.1 Å². The second-order valence-corrected chi connectivity index (χ2v) is 11.0. The average Bonchev–Trinajstić information content (AvgIpc) is 2.67. The average molecular weight is 442 g/mol. The summed E-state index contributed by atoms with van der Waals surface area (Å²) < 4.78 is 22.4. The van der Waals surface area contributed by atoms with Gasteiger partial charge in [-0.2, -0.15) is 0 Å². The van der Waals surface area contributed by atoms with E-state index in [1.807, 2.05) is 12.1 Å². The van der Waals surface area contributed by atoms with E-state index in [4.69, 9.17) is 11.6 Å². The molecular formula is C21H32ClN3O3S. The van der Waals surface area contributed by atoms with Gasteiger partial charge in [-0.25, -0.2) is 8.42 Å². The zero-order chi connectivity index (χ0) is 20.9. The molecule has 1 amide bonds. The van der Waals surface area contributed by atoms with Crippen LogP contribution >= 0.6 is 11.6 Å². The van der Waals surface area contributed by atoms with E-state index >= 15 is 0 Å². The summed E-state index contributed by atoms with van der Waals surface area (Å²) in [5.74, 6) is -0.0728. The van der Waals surface area contributed by atoms with Crippen LogP contribution in [-0.2, 0) is 14.6 Å². The third-order valence-corrected chi connectivity index (χ3v) is 7.06. The van der Waals surface area contributed by atoms with Gasteiger partial charge in [0.05, 0.1) is 0 Å². The van der Waals surface area contributed by atoms with E-state index in [2.05, 4.69) is 27.2 Å². The van der Waals surface area contributed by atoms with Crippen LogP contribution in [0.3, 0.4) is 0 Å². The summed E-state index contributed by atoms with van der Waals surface area (Å²) in [6, 6.07) is 8.20. The van der Waals surface area contributed by atoms with Gasteiger partial charge >= 0.3 is 0 Å². The fraction of sp³-hybridized carbons (Fsp3) is 0.667. The molecule has 1 aliphatic carbocycles. The van der Waals surface area contributed by atoms with Crippen molar-refractivity contribution in [3.05, 3.63) is 29.3 Å². The molecule has 0 bridgehead atoms. The van der Waals surface area contributed by atoms with E-state index in [1.54, 1.807) is 0 Å². The van der Waals surface area contributed by atoms with E-state index in [0.29, 0.717) is 5.92 Å². The van der Waals surface area contributed by atoms with Crippen molar-refractivity contribution in [1.29, 1.82) is 0 Å². The van der Waals surface area contributed by atoms with Gasteiger partial charge in [-0.15, -0.1) is 0 Å². The van der Waals surface area contributed by atoms with Crippen molar-refractivity contribution in [2.45, 2.75) is 38.1 Å². The summed E-state index contributed by atoms with van der Waals surface area (Å²) in [5.41, 5.74) is 1.24. The number of rotatable bonds is 7. The number of carbonyl (C=O) groups is 1. The van der Waals surface area contributed by atoms with Crippen molar-refractivity contribution in [3.8, 4) is 0 Å². The minimum Gasteiger partial charge on any atom is -0.369 e. The lowest BCUT2D eigenvalue weighted by molar-refractivity contribution is -0.119. The number of benzene rings is 1. The third-order valence-electron chi connectivity index (χ3n) is 6.02. The first-order chi connectivity index (χ1) is 13.8. The fourth-order valence-corrected chi connectivity index (χ4v) is 5.04. The Morgan fingerprint density at radius 3 is 2.28 bits per heavy atom. The van der Waals surface area contributed by atoms with Gasteiger partial charge in [0.1, 0.15) is 5.75 Å². The van der Waals surface area contributed by atoms with Gasteiger partial charge in [0, 0.05) is 49.2 Å². The highest BCUT2D eigenvalue weighted by Gasteiger charge is 2.24. The van der Waals surface area contributed by atoms with Crippen LogP contribution in [0.25, 0.3) is 0 Å². The van der Waals surface area contributed by atoms with E-state index in [1.165, 1.54) is 12.1 Å². The van der Waals surface area contributed by atoms with Crippen LogP contribution in [0.5, 0.6) is 0 Å². The van der Waals surface area contributed by atoms with Gasteiger partial charge in [-0.1, -0.05) is 11.6 Å². The van der Waals surface area contributed by atoms with Gasteiger partial charge in [-0.05, 0) is 68.8 Å². The van der Waals surface area contributed by atoms with Gasteiger partial charge in [0.25, 0.3) is 0 Å². The predicted molar refractivity (Wildman–Crippen MR) is 118 cm³/mol. The molecule has 2 aliphatic rings. The Hall–Kier alpha value is -1.31. The molecule has 6 nitrogen and oxygen atoms in total. The van der Waals surface area contributed by atoms with E-state index in [0.717, 1.165) is 69.7 Å². The molecule has 1 aromatic rings. The molecule has 29 heavy (non-hydrogen) atoms. The zero-order valence-electron chi connectivity index (χ0n) is 17.1. The quantitative estimate of drug-likeness (QED) is 0.704. The molecule has 1 saturated carbocycles. The lowest BCUT2D eigenvalue weighted by Gasteiger charge is -2.37. The predicted octanol–water partition coefficient (Wildman–Crippen LogP) is 2.57. The molecule has 0 aromatic heterocycles. The van der Waals surface area contributed by atoms with E-state index in [9.17, 15) is 13.2 Å². The molecule has 0 atom stereocenters. The molecule has 1 aliphatic heterocycles. The number of hydrogen-bond donors (Lipinski definition) is 1. The van der Waals surface area contributed by atoms with Crippen LogP contribution in [-0.4, -0.2) is 70.0 Å². The van der Waals surface area contributed by atoms with Gasteiger partial charge in [-0.3, -0.25) is 9.69 Å². The monoisotopic (exact) mass is 441 g/mol. The van der Waals surface area contributed by atoms with Crippen LogP contribution in [0, 0.1) is 5.92 Å². The van der Waals surface area contributed by atoms with E-state index in [-0.39, 0.29) is 11.9 Å². The SMILES string of the molecule is CS(=O)(=O)CC(=O)NC1CCC(CCN2CCN(c3ccc(Cl)cc3)CC2)CC1. The molecule has 3 rings (SSSR count). The summed E-state index contributed by atoms with van der Waals surface area (Å²) in [4.78, 5) is 16.7. The van der Waals surface area contributed by atoms with Crippen LogP contribution in [0.4, 0.5) is 5.69 Å². The number of sulfone groups is 1. The molecule has 0 unspecified atom stereocenters. The van der Waals surface area contributed by atoms with E-state index < -0.39 is 15.6 Å². The Morgan fingerprint density at radius 1 is 1.07 bits per heavy atom. The normalized spacial score (nSPS) is 23.7. The number of anilines is 1. The second-order valence-electron chi connectivity index (χ2n) is 8.45. The fourth-order valence-electron chi connectivity index (χ4n) is 4.35. The van der Waals surface area contributed by atoms with Crippen molar-refractivity contribution in [1.82, 2.24) is 10.2 Å². The number of hydrogen-bond acceptors (Lipinski definition) is 5. The number of nitrogens with one attached hydrogen (secondary N) is 1. The molecule has 1 N–H and O–H groups in total. The third kappa shape index (κ3) is 7.46. The molecular weight excluding hydrogens is 410 g/mol. The smallest absolute Gasteiger partial charge is 0.235 e. The van der Waals surface area contributed by atoms with Crippen molar-refractivity contribution < 1.29 is 13.2 Å². The number of amides is 1. The standard InChI is InChI=1S/C21H32ClN3O3S/c1-29(27,28)16-21(26)23-19-6-2-17(3-7-19)10-11-24-12-14-25(15-13-24)20-8-4-18(22)5-9-20/h4-5,8-9,17,19H,2-3,6-7,10-16H2,1H3,(H,23,26). The Labute approximate surface area is 179 Å². The molecule has 8 heteroatoms. The lowest BCUT2D eigenvalue weighted by atomic mass is 9.84. The van der Waals surface area contributed by atoms with Gasteiger partial charge in [0.15, 0.2) is 9.84 Å². The van der Waals surface area contributed by atoms with Gasteiger partial charge in [0.2, 0.25) is 5.91 Å². The number of halogens is 1. The van der Waals surface area contributed by atoms with Crippen molar-refractivity contribution in [2.75, 3.05) is 49.6 Å². The maximum absolute atomic E-state index is 11.8.